The Hall–Kier alpha value is -1.43. The molecule has 2 N–H and O–H groups in total. The highest BCUT2D eigenvalue weighted by Crippen LogP contribution is 2.33. The molecule has 25 heavy (non-hydrogen) atoms. The molecular weight excluding hydrogens is 314 g/mol. The van der Waals surface area contributed by atoms with E-state index < -0.39 is 0 Å². The number of nitrogens with zero attached hydrogens (tertiary/aromatic N) is 2. The second-order valence-electron chi connectivity index (χ2n) is 7.63. The van der Waals surface area contributed by atoms with Crippen LogP contribution >= 0.6 is 0 Å². The lowest BCUT2D eigenvalue weighted by Crippen LogP contribution is -2.60. The first kappa shape index (κ1) is 18.4. The SMILES string of the molecule is CCC(C(N)=O)N1CCC2(CC1)CN(Cc1ccccc1)CC(C)O2. The highest BCUT2D eigenvalue weighted by Gasteiger charge is 2.43. The van der Waals surface area contributed by atoms with Crippen LogP contribution < -0.4 is 5.73 Å². The smallest absolute Gasteiger partial charge is 0.234 e. The van der Waals surface area contributed by atoms with Gasteiger partial charge in [-0.1, -0.05) is 37.3 Å². The maximum atomic E-state index is 11.6. The van der Waals surface area contributed by atoms with Crippen LogP contribution in [-0.4, -0.2) is 59.6 Å². The Labute approximate surface area is 151 Å². The van der Waals surface area contributed by atoms with E-state index in [0.29, 0.717) is 0 Å². The van der Waals surface area contributed by atoms with Crippen LogP contribution in [-0.2, 0) is 16.1 Å². The van der Waals surface area contributed by atoms with Crippen molar-refractivity contribution in [2.75, 3.05) is 26.2 Å². The van der Waals surface area contributed by atoms with Crippen LogP contribution in [0.2, 0.25) is 0 Å². The van der Waals surface area contributed by atoms with Gasteiger partial charge in [-0.05, 0) is 31.7 Å². The zero-order valence-corrected chi connectivity index (χ0v) is 15.5. The highest BCUT2D eigenvalue weighted by atomic mass is 16.5. The summed E-state index contributed by atoms with van der Waals surface area (Å²) in [4.78, 5) is 16.4. The molecular formula is C20H31N3O2. The summed E-state index contributed by atoms with van der Waals surface area (Å²) in [5.74, 6) is -0.206. The average molecular weight is 345 g/mol. The fourth-order valence-electron chi connectivity index (χ4n) is 4.46. The number of benzene rings is 1. The summed E-state index contributed by atoms with van der Waals surface area (Å²) in [7, 11) is 0. The topological polar surface area (TPSA) is 58.8 Å². The number of carbonyl (C=O) groups excluding carboxylic acids is 1. The van der Waals surface area contributed by atoms with Crippen molar-refractivity contribution in [1.82, 2.24) is 9.80 Å². The number of primary amides is 1. The number of hydrogen-bond donors (Lipinski definition) is 1. The lowest BCUT2D eigenvalue weighted by Gasteiger charge is -2.50. The van der Waals surface area contributed by atoms with Crippen molar-refractivity contribution in [3.05, 3.63) is 35.9 Å². The van der Waals surface area contributed by atoms with E-state index in [1.54, 1.807) is 0 Å². The van der Waals surface area contributed by atoms with E-state index in [4.69, 9.17) is 10.5 Å². The first-order chi connectivity index (χ1) is 12.0. The number of hydrogen-bond acceptors (Lipinski definition) is 4. The molecule has 2 aliphatic heterocycles. The lowest BCUT2D eigenvalue weighted by molar-refractivity contribution is -0.174. The van der Waals surface area contributed by atoms with Crippen molar-refractivity contribution in [3.8, 4) is 0 Å². The van der Waals surface area contributed by atoms with Gasteiger partial charge in [0.05, 0.1) is 17.7 Å². The standard InChI is InChI=1S/C20H31N3O2/c1-3-18(19(21)24)23-11-9-20(10-12-23)15-22(13-16(2)25-20)14-17-7-5-4-6-8-17/h4-8,16,18H,3,9-15H2,1-2H3,(H2,21,24). The van der Waals surface area contributed by atoms with Crippen LogP contribution in [0.1, 0.15) is 38.7 Å². The van der Waals surface area contributed by atoms with E-state index in [2.05, 4.69) is 47.1 Å². The molecule has 2 heterocycles. The second kappa shape index (κ2) is 7.85. The Kier molecular flexibility index (Phi) is 5.77. The molecule has 1 spiro atoms. The highest BCUT2D eigenvalue weighted by molar-refractivity contribution is 5.79. The summed E-state index contributed by atoms with van der Waals surface area (Å²) in [6.07, 6.45) is 2.94. The van der Waals surface area contributed by atoms with Crippen molar-refractivity contribution in [3.63, 3.8) is 0 Å². The first-order valence-electron chi connectivity index (χ1n) is 9.49. The van der Waals surface area contributed by atoms with Gasteiger partial charge in [0.2, 0.25) is 5.91 Å². The summed E-state index contributed by atoms with van der Waals surface area (Å²) in [6.45, 7) is 8.87. The molecule has 1 aromatic carbocycles. The largest absolute Gasteiger partial charge is 0.369 e. The normalized spacial score (nSPS) is 25.8. The first-order valence-corrected chi connectivity index (χ1v) is 9.49. The van der Waals surface area contributed by atoms with Gasteiger partial charge in [-0.3, -0.25) is 14.6 Å². The molecule has 0 saturated carbocycles. The third-order valence-corrected chi connectivity index (χ3v) is 5.59. The van der Waals surface area contributed by atoms with E-state index >= 15 is 0 Å². The Morgan fingerprint density at radius 2 is 2.00 bits per heavy atom. The maximum absolute atomic E-state index is 11.6. The van der Waals surface area contributed by atoms with Crippen molar-refractivity contribution < 1.29 is 9.53 Å². The maximum Gasteiger partial charge on any atom is 0.234 e. The molecule has 2 atom stereocenters. The summed E-state index contributed by atoms with van der Waals surface area (Å²) < 4.78 is 6.42. The quantitative estimate of drug-likeness (QED) is 0.887. The minimum absolute atomic E-state index is 0.0844. The third-order valence-electron chi connectivity index (χ3n) is 5.59. The average Bonchev–Trinajstić information content (AvgIpc) is 2.57. The minimum Gasteiger partial charge on any atom is -0.369 e. The fourth-order valence-corrected chi connectivity index (χ4v) is 4.46. The van der Waals surface area contributed by atoms with Gasteiger partial charge in [-0.2, -0.15) is 0 Å². The predicted octanol–water partition coefficient (Wildman–Crippen LogP) is 2.01. The number of rotatable bonds is 5. The zero-order chi connectivity index (χ0) is 17.9. The van der Waals surface area contributed by atoms with Crippen LogP contribution in [0.3, 0.4) is 0 Å². The molecule has 1 amide bonds. The molecule has 2 aliphatic rings. The van der Waals surface area contributed by atoms with Crippen molar-refractivity contribution in [2.45, 2.75) is 57.4 Å². The van der Waals surface area contributed by atoms with Crippen LogP contribution in [0, 0.1) is 0 Å². The van der Waals surface area contributed by atoms with E-state index in [1.165, 1.54) is 5.56 Å². The third kappa shape index (κ3) is 4.40. The molecule has 0 bridgehead atoms. The molecule has 1 aromatic rings. The van der Waals surface area contributed by atoms with Crippen LogP contribution in [0.5, 0.6) is 0 Å². The molecule has 5 nitrogen and oxygen atoms in total. The molecule has 0 aliphatic carbocycles. The number of morpholine rings is 1. The lowest BCUT2D eigenvalue weighted by atomic mass is 9.87. The van der Waals surface area contributed by atoms with Gasteiger partial charge in [-0.15, -0.1) is 0 Å². The van der Waals surface area contributed by atoms with Crippen molar-refractivity contribution >= 4 is 5.91 Å². The van der Waals surface area contributed by atoms with E-state index in [9.17, 15) is 4.79 Å². The number of ether oxygens (including phenoxy) is 1. The Morgan fingerprint density at radius 1 is 1.32 bits per heavy atom. The molecule has 0 radical (unpaired) electrons. The molecule has 3 rings (SSSR count). The summed E-state index contributed by atoms with van der Waals surface area (Å²) in [5, 5.41) is 0. The molecule has 2 saturated heterocycles. The number of likely N-dealkylation sites (tertiary alicyclic amines) is 1. The van der Waals surface area contributed by atoms with Crippen LogP contribution in [0.15, 0.2) is 30.3 Å². The van der Waals surface area contributed by atoms with Crippen LogP contribution in [0.25, 0.3) is 0 Å². The predicted molar refractivity (Wildman–Crippen MR) is 99.1 cm³/mol. The Bertz CT molecular complexity index is 570. The van der Waals surface area contributed by atoms with Gasteiger partial charge in [-0.25, -0.2) is 0 Å². The minimum atomic E-state index is -0.206. The molecule has 2 fully saturated rings. The van der Waals surface area contributed by atoms with Gasteiger partial charge in [0.25, 0.3) is 0 Å². The fraction of sp³-hybridized carbons (Fsp3) is 0.650. The van der Waals surface area contributed by atoms with Gasteiger partial charge in [0.15, 0.2) is 0 Å². The second-order valence-corrected chi connectivity index (χ2v) is 7.63. The summed E-state index contributed by atoms with van der Waals surface area (Å²) in [5.41, 5.74) is 6.82. The van der Waals surface area contributed by atoms with E-state index in [0.717, 1.165) is 52.0 Å². The molecule has 2 unspecified atom stereocenters. The van der Waals surface area contributed by atoms with Gasteiger partial charge in [0, 0.05) is 32.7 Å². The monoisotopic (exact) mass is 345 g/mol. The molecule has 138 valence electrons. The number of carbonyl (C=O) groups is 1. The van der Waals surface area contributed by atoms with Gasteiger partial charge < -0.3 is 10.5 Å². The Morgan fingerprint density at radius 3 is 2.60 bits per heavy atom. The summed E-state index contributed by atoms with van der Waals surface area (Å²) in [6, 6.07) is 10.5. The van der Waals surface area contributed by atoms with Crippen molar-refractivity contribution in [1.29, 1.82) is 0 Å². The van der Waals surface area contributed by atoms with E-state index in [1.807, 2.05) is 6.92 Å². The van der Waals surface area contributed by atoms with Crippen LogP contribution in [0.4, 0.5) is 0 Å². The zero-order valence-electron chi connectivity index (χ0n) is 15.5. The Balaban J connectivity index is 1.63. The van der Waals surface area contributed by atoms with Gasteiger partial charge in [0.1, 0.15) is 0 Å². The molecule has 0 aromatic heterocycles. The van der Waals surface area contributed by atoms with Gasteiger partial charge >= 0.3 is 0 Å². The number of piperidine rings is 1. The van der Waals surface area contributed by atoms with E-state index in [-0.39, 0.29) is 23.7 Å². The number of nitrogens with two attached hydrogens (primary N) is 1. The number of amides is 1. The summed E-state index contributed by atoms with van der Waals surface area (Å²) >= 11 is 0. The van der Waals surface area contributed by atoms with Crippen molar-refractivity contribution in [2.24, 2.45) is 5.73 Å². The molecule has 5 heteroatoms.